The lowest BCUT2D eigenvalue weighted by atomic mass is 9.83. The fourth-order valence-corrected chi connectivity index (χ4v) is 2.35. The topological polar surface area (TPSA) is 77.2 Å². The lowest BCUT2D eigenvalue weighted by molar-refractivity contribution is -0.223. The number of rotatable bonds is 7. The first-order chi connectivity index (χ1) is 12.1. The second-order valence-electron chi connectivity index (χ2n) is 5.92. The molecular formula is C16H17ClF3N3O3. The summed E-state index contributed by atoms with van der Waals surface area (Å²) in [4.78, 5) is 14.8. The summed E-state index contributed by atoms with van der Waals surface area (Å²) in [6, 6.07) is 4.16. The molecule has 0 fully saturated rings. The summed E-state index contributed by atoms with van der Waals surface area (Å²) in [5.74, 6) is -0.823. The Labute approximate surface area is 152 Å². The molecule has 2 aromatic heterocycles. The fraction of sp³-hybridized carbons (Fsp3) is 0.438. The van der Waals surface area contributed by atoms with Gasteiger partial charge in [-0.05, 0) is 25.0 Å². The van der Waals surface area contributed by atoms with Crippen molar-refractivity contribution in [2.24, 2.45) is 5.41 Å². The van der Waals surface area contributed by atoms with Crippen LogP contribution in [0.5, 0.6) is 5.88 Å². The number of aromatic nitrogens is 3. The summed E-state index contributed by atoms with van der Waals surface area (Å²) in [7, 11) is 0. The Kier molecular flexibility index (Phi) is 5.80. The predicted molar refractivity (Wildman–Crippen MR) is 87.9 cm³/mol. The Morgan fingerprint density at radius 2 is 2.04 bits per heavy atom. The lowest BCUT2D eigenvalue weighted by Gasteiger charge is -2.30. The molecule has 2 rings (SSSR count). The summed E-state index contributed by atoms with van der Waals surface area (Å²) in [5, 5.41) is 12.8. The van der Waals surface area contributed by atoms with E-state index in [2.05, 4.69) is 10.1 Å². The first-order valence-electron chi connectivity index (χ1n) is 7.73. The van der Waals surface area contributed by atoms with Crippen molar-refractivity contribution in [2.75, 3.05) is 6.61 Å². The highest BCUT2D eigenvalue weighted by atomic mass is 35.5. The van der Waals surface area contributed by atoms with E-state index in [0.29, 0.717) is 0 Å². The molecule has 2 aromatic rings. The maximum atomic E-state index is 13.0. The second kappa shape index (κ2) is 7.53. The molecule has 0 aliphatic carbocycles. The van der Waals surface area contributed by atoms with E-state index in [4.69, 9.17) is 21.4 Å². The minimum atomic E-state index is -4.31. The van der Waals surface area contributed by atoms with Gasteiger partial charge in [0.2, 0.25) is 5.88 Å². The van der Waals surface area contributed by atoms with Gasteiger partial charge in [0, 0.05) is 12.3 Å². The third-order valence-corrected chi connectivity index (χ3v) is 4.52. The molecule has 0 saturated heterocycles. The maximum absolute atomic E-state index is 13.0. The summed E-state index contributed by atoms with van der Waals surface area (Å²) in [6.45, 7) is 2.50. The molecule has 0 aliphatic heterocycles. The van der Waals surface area contributed by atoms with Gasteiger partial charge >= 0.3 is 12.1 Å². The average Bonchev–Trinajstić information content (AvgIpc) is 3.02. The summed E-state index contributed by atoms with van der Waals surface area (Å²) >= 11 is 5.80. The van der Waals surface area contributed by atoms with Crippen LogP contribution in [-0.2, 0) is 0 Å². The monoisotopic (exact) mass is 391 g/mol. The van der Waals surface area contributed by atoms with Gasteiger partial charge in [-0.15, -0.1) is 5.10 Å². The van der Waals surface area contributed by atoms with E-state index in [1.807, 2.05) is 0 Å². The van der Waals surface area contributed by atoms with Crippen LogP contribution < -0.4 is 4.74 Å². The number of ether oxygens (including phenoxy) is 1. The minimum absolute atomic E-state index is 0.0490. The van der Waals surface area contributed by atoms with Gasteiger partial charge in [0.15, 0.2) is 5.82 Å². The average molecular weight is 392 g/mol. The number of pyridine rings is 1. The van der Waals surface area contributed by atoms with Crippen molar-refractivity contribution >= 4 is 17.6 Å². The molecule has 0 aromatic carbocycles. The number of aromatic carboxylic acids is 1. The highest BCUT2D eigenvalue weighted by molar-refractivity contribution is 6.32. The quantitative estimate of drug-likeness (QED) is 0.709. The Morgan fingerprint density at radius 3 is 2.58 bits per heavy atom. The van der Waals surface area contributed by atoms with Crippen LogP contribution in [0.1, 0.15) is 37.0 Å². The van der Waals surface area contributed by atoms with Crippen molar-refractivity contribution in [3.63, 3.8) is 0 Å². The molecule has 2 heterocycles. The molecule has 142 valence electrons. The molecular weight excluding hydrogens is 375 g/mol. The van der Waals surface area contributed by atoms with Crippen molar-refractivity contribution < 1.29 is 27.8 Å². The fourth-order valence-electron chi connectivity index (χ4n) is 2.12. The SMILES string of the molecule is CCC(C)(CCOc1ccn(-c2ccc(C(=O)O)c(Cl)n2)n1)C(F)(F)F. The van der Waals surface area contributed by atoms with E-state index in [-0.39, 0.29) is 41.9 Å². The molecule has 1 N–H and O–H groups in total. The Bertz CT molecular complexity index is 795. The molecule has 0 saturated carbocycles. The van der Waals surface area contributed by atoms with Crippen LogP contribution in [0, 0.1) is 5.41 Å². The van der Waals surface area contributed by atoms with Gasteiger partial charge in [0.05, 0.1) is 17.6 Å². The van der Waals surface area contributed by atoms with E-state index in [1.165, 1.54) is 36.0 Å². The summed E-state index contributed by atoms with van der Waals surface area (Å²) in [5.41, 5.74) is -1.97. The van der Waals surface area contributed by atoms with Gasteiger partial charge in [-0.25, -0.2) is 14.5 Å². The molecule has 6 nitrogen and oxygen atoms in total. The van der Waals surface area contributed by atoms with E-state index < -0.39 is 17.6 Å². The highest BCUT2D eigenvalue weighted by Gasteiger charge is 2.49. The molecule has 0 aliphatic rings. The number of carboxylic acids is 1. The van der Waals surface area contributed by atoms with Crippen molar-refractivity contribution in [1.82, 2.24) is 14.8 Å². The molecule has 0 amide bonds. The van der Waals surface area contributed by atoms with E-state index >= 15 is 0 Å². The van der Waals surface area contributed by atoms with Gasteiger partial charge in [-0.2, -0.15) is 13.2 Å². The minimum Gasteiger partial charge on any atom is -0.478 e. The number of hydrogen-bond acceptors (Lipinski definition) is 4. The third kappa shape index (κ3) is 4.27. The van der Waals surface area contributed by atoms with Crippen molar-refractivity contribution in [1.29, 1.82) is 0 Å². The van der Waals surface area contributed by atoms with Crippen LogP contribution in [0.15, 0.2) is 24.4 Å². The van der Waals surface area contributed by atoms with Gasteiger partial charge in [-0.3, -0.25) is 0 Å². The van der Waals surface area contributed by atoms with Crippen molar-refractivity contribution in [3.8, 4) is 11.7 Å². The van der Waals surface area contributed by atoms with E-state index in [1.54, 1.807) is 0 Å². The summed E-state index contributed by atoms with van der Waals surface area (Å²) in [6.07, 6.45) is -3.07. The van der Waals surface area contributed by atoms with Crippen molar-refractivity contribution in [3.05, 3.63) is 35.1 Å². The molecule has 0 radical (unpaired) electrons. The third-order valence-electron chi connectivity index (χ3n) is 4.23. The molecule has 1 atom stereocenters. The van der Waals surface area contributed by atoms with Crippen LogP contribution in [0.2, 0.25) is 5.15 Å². The van der Waals surface area contributed by atoms with Gasteiger partial charge in [0.25, 0.3) is 0 Å². The Morgan fingerprint density at radius 1 is 1.35 bits per heavy atom. The zero-order valence-corrected chi connectivity index (χ0v) is 14.8. The van der Waals surface area contributed by atoms with Crippen LogP contribution in [0.4, 0.5) is 13.2 Å². The smallest absolute Gasteiger partial charge is 0.394 e. The zero-order valence-electron chi connectivity index (χ0n) is 14.0. The Hall–Kier alpha value is -2.29. The largest absolute Gasteiger partial charge is 0.478 e. The van der Waals surface area contributed by atoms with Gasteiger partial charge in [-0.1, -0.05) is 25.4 Å². The second-order valence-corrected chi connectivity index (χ2v) is 6.28. The maximum Gasteiger partial charge on any atom is 0.394 e. The van der Waals surface area contributed by atoms with E-state index in [9.17, 15) is 18.0 Å². The number of carbonyl (C=O) groups is 1. The van der Waals surface area contributed by atoms with Crippen LogP contribution in [0.25, 0.3) is 5.82 Å². The predicted octanol–water partition coefficient (Wildman–Crippen LogP) is 4.37. The Balaban J connectivity index is 2.04. The molecule has 0 spiro atoms. The van der Waals surface area contributed by atoms with Crippen LogP contribution >= 0.6 is 11.6 Å². The highest BCUT2D eigenvalue weighted by Crippen LogP contribution is 2.43. The van der Waals surface area contributed by atoms with Gasteiger partial charge < -0.3 is 9.84 Å². The zero-order chi connectivity index (χ0) is 19.5. The number of halogens is 4. The molecule has 0 bridgehead atoms. The van der Waals surface area contributed by atoms with Crippen molar-refractivity contribution in [2.45, 2.75) is 32.9 Å². The number of nitrogens with zero attached hydrogens (tertiary/aromatic N) is 3. The summed E-state index contributed by atoms with van der Waals surface area (Å²) < 4.78 is 45.7. The van der Waals surface area contributed by atoms with E-state index in [0.717, 1.165) is 6.92 Å². The first kappa shape index (κ1) is 20.0. The molecule has 1 unspecified atom stereocenters. The van der Waals surface area contributed by atoms with Gasteiger partial charge in [0.1, 0.15) is 5.15 Å². The lowest BCUT2D eigenvalue weighted by Crippen LogP contribution is -2.36. The molecule has 10 heteroatoms. The number of hydrogen-bond donors (Lipinski definition) is 1. The number of carboxylic acid groups (broad SMARTS) is 1. The standard InChI is InChI=1S/C16H17ClF3N3O3/c1-3-15(2,16(18,19)20)7-9-26-12-6-8-23(22-12)11-5-4-10(14(24)25)13(17)21-11/h4-6,8H,3,7,9H2,1-2H3,(H,24,25). The normalized spacial score (nSPS) is 14.1. The van der Waals surface area contributed by atoms with Crippen LogP contribution in [0.3, 0.4) is 0 Å². The number of alkyl halides is 3. The first-order valence-corrected chi connectivity index (χ1v) is 8.10. The molecule has 26 heavy (non-hydrogen) atoms. The van der Waals surface area contributed by atoms with Crippen LogP contribution in [-0.4, -0.2) is 38.6 Å².